The smallest absolute Gasteiger partial charge is 0.410 e. The molecule has 1 aromatic carbocycles. The fraction of sp³-hybridized carbons (Fsp3) is 0.922. The molecule has 2 spiro atoms. The van der Waals surface area contributed by atoms with Crippen LogP contribution in [0.1, 0.15) is 299 Å². The number of piperidine rings is 2. The molecule has 30 heteroatoms. The van der Waals surface area contributed by atoms with Crippen molar-refractivity contribution in [3.63, 3.8) is 0 Å². The van der Waals surface area contributed by atoms with Crippen molar-refractivity contribution in [2.45, 2.75) is 400 Å². The zero-order valence-corrected chi connectivity index (χ0v) is 102. The van der Waals surface area contributed by atoms with Gasteiger partial charge in [-0.05, 0) is 279 Å². The molecule has 0 N–H and O–H groups in total. The molecule has 15 fully saturated rings. The lowest BCUT2D eigenvalue weighted by molar-refractivity contribution is -0.135. The van der Waals surface area contributed by atoms with Crippen molar-refractivity contribution in [1.82, 2.24) is 98.0 Å². The van der Waals surface area contributed by atoms with Crippen LogP contribution in [0.2, 0.25) is 0 Å². The van der Waals surface area contributed by atoms with Crippen molar-refractivity contribution >= 4 is 27.9 Å². The molecule has 0 bridgehead atoms. The van der Waals surface area contributed by atoms with Crippen LogP contribution in [0, 0.1) is 0 Å². The number of likely N-dealkylation sites (tertiary alicyclic amines) is 3. The fourth-order valence-corrected chi connectivity index (χ4v) is 24.9. The van der Waals surface area contributed by atoms with E-state index in [0.29, 0.717) is 65.7 Å². The van der Waals surface area contributed by atoms with Gasteiger partial charge in [0.1, 0.15) is 11.3 Å². The number of amides is 3. The van der Waals surface area contributed by atoms with Gasteiger partial charge in [0, 0.05) is 356 Å². The van der Waals surface area contributed by atoms with E-state index in [9.17, 15) is 27.2 Å². The molecule has 1 saturated carbocycles. The lowest BCUT2D eigenvalue weighted by Crippen LogP contribution is -2.68. The minimum atomic E-state index is -3.41. The predicted molar refractivity (Wildman–Crippen MR) is 606 cm³/mol. The summed E-state index contributed by atoms with van der Waals surface area (Å²) in [6.45, 7) is 118. The SMILES string of the molecule is CC(C)(C)N1CCN(C2CCCC2)CC1.CC(C)(C)N1CCN2CCN(C(=O)CCS(=O)(=O)c3ccccc3)CC2C1.CC1(F)CCN2CCN(C(C)(C)C)CC2C1.CCCCN1CCN(C(C)(C)C)CC1.CCCN1CCN(C(C)(C)C)CC1.CN1CC(N2CCN(C(C)(C)C)CC2)C1.CN1CC2(CCN(C(C)(C)C)CC2)OC1=O.CN1CC2(CN(C(C)(C)C)C2)OC1=O.COCC(C)(C)N1CCN(C(C)(C)C)CC1. The number of ether oxygens (including phenoxy) is 3. The highest BCUT2D eigenvalue weighted by Gasteiger charge is 2.56. The Kier molecular flexibility index (Phi) is 47.5. The summed E-state index contributed by atoms with van der Waals surface area (Å²) < 4.78 is 55.0. The van der Waals surface area contributed by atoms with E-state index >= 15 is 0 Å². The number of alkyl halides is 1. The van der Waals surface area contributed by atoms with Crippen molar-refractivity contribution in [3.05, 3.63) is 30.3 Å². The predicted octanol–water partition coefficient (Wildman–Crippen LogP) is 15.3. The van der Waals surface area contributed by atoms with Crippen LogP contribution in [0.5, 0.6) is 0 Å². The molecule has 15 aliphatic rings. The molecule has 3 unspecified atom stereocenters. The second-order valence-electron chi connectivity index (χ2n) is 55.6. The van der Waals surface area contributed by atoms with Gasteiger partial charge in [-0.15, -0.1) is 0 Å². The molecule has 0 radical (unpaired) electrons. The van der Waals surface area contributed by atoms with Gasteiger partial charge < -0.3 is 43.6 Å². The summed E-state index contributed by atoms with van der Waals surface area (Å²) in [6.07, 6.45) is 12.8. The number of hydrogen-bond acceptors (Lipinski definition) is 25. The molecule has 14 aliphatic heterocycles. The molecule has 28 nitrogen and oxygen atoms in total. The van der Waals surface area contributed by atoms with Gasteiger partial charge in [0.15, 0.2) is 15.4 Å². The Morgan fingerprint density at radius 1 is 0.384 bits per heavy atom. The number of fused-ring (bicyclic) bond motifs is 2. The molecule has 850 valence electrons. The Bertz CT molecular complexity index is 4060. The first-order valence-electron chi connectivity index (χ1n) is 57.7. The average molecular weight is 2080 g/mol. The normalized spacial score (nSPS) is 25.9. The minimum Gasteiger partial charge on any atom is -0.441 e. The molecule has 3 atom stereocenters. The standard InChI is InChI=1S/C20H31N3O3S.C13H25FN2.C13H28N2O.C13H26N2.C12H25N3.C12H22N2O2.C12H26N2.C11H24N2.C10H18N2O2/c1-20(2,3)23-13-12-21-10-11-22(15-17(21)16-23)19(24)9-14-27(25,26)18-7-5-4-6-8-18;1-12(2,3)16-8-7-15-6-5-13(4,14)9-11(15)10-16;1-12(2,3)14-7-9-15(10-8-14)13(4,5)11-16-6;1-13(2,3)15-10-8-14(9-11-15)12-6-4-5-7-12;1-12(2,3)15-7-5-14(6-8-15)11-9-13(4)10-11;1-11(2,3)14-7-5-12(6-8-14)9-13(4)10(15)16-12;1-5-6-7-13-8-10-14(11-9-13)12(2,3)4;1-5-6-12-7-9-13(10-8-12)11(2,3)4;1-9(2,3)12-6-10(7-12)5-11(4)8(13)14-10/h4-8,17H,9-16H2,1-3H3;11H,5-10H2,1-4H3;7-11H2,1-6H3;12H,4-11H2,1-3H3;11H,5-10H2,1-4H3;5-9H2,1-4H3;5-11H2,1-4H3;5-10H2,1-4H3;5-7H2,1-4H3. The van der Waals surface area contributed by atoms with E-state index in [2.05, 4.69) is 305 Å². The van der Waals surface area contributed by atoms with Crippen LogP contribution in [0.15, 0.2) is 35.2 Å². The third-order valence-electron chi connectivity index (χ3n) is 34.1. The van der Waals surface area contributed by atoms with Crippen LogP contribution in [0.25, 0.3) is 0 Å². The highest BCUT2D eigenvalue weighted by molar-refractivity contribution is 7.91. The summed E-state index contributed by atoms with van der Waals surface area (Å²) in [5, 5.41) is 0. The number of carbonyl (C=O) groups is 3. The number of nitrogens with zero attached hydrogens (tertiary/aromatic N) is 20. The summed E-state index contributed by atoms with van der Waals surface area (Å²) in [4.78, 5) is 84.0. The topological polar surface area (TPSA) is 178 Å². The summed E-state index contributed by atoms with van der Waals surface area (Å²) in [7, 11) is 4.18. The molecule has 3 amide bonds. The molecule has 14 heterocycles. The Morgan fingerprint density at radius 2 is 0.726 bits per heavy atom. The van der Waals surface area contributed by atoms with Gasteiger partial charge in [0.25, 0.3) is 0 Å². The van der Waals surface area contributed by atoms with Gasteiger partial charge in [-0.25, -0.2) is 22.4 Å². The summed E-state index contributed by atoms with van der Waals surface area (Å²) in [5.74, 6) is -0.184. The van der Waals surface area contributed by atoms with E-state index in [-0.39, 0.29) is 74.1 Å². The van der Waals surface area contributed by atoms with Crippen LogP contribution in [-0.2, 0) is 28.8 Å². The third kappa shape index (κ3) is 40.2. The lowest BCUT2D eigenvalue weighted by atomic mass is 9.87. The fourth-order valence-electron chi connectivity index (χ4n) is 23.7. The van der Waals surface area contributed by atoms with Gasteiger partial charge in [-0.2, -0.15) is 0 Å². The van der Waals surface area contributed by atoms with Gasteiger partial charge >= 0.3 is 12.2 Å². The van der Waals surface area contributed by atoms with E-state index in [1.54, 1.807) is 61.2 Å². The monoisotopic (exact) mass is 2080 g/mol. The molecule has 0 aromatic heterocycles. The van der Waals surface area contributed by atoms with E-state index in [1.165, 1.54) is 176 Å². The van der Waals surface area contributed by atoms with E-state index in [1.807, 2.05) is 11.9 Å². The van der Waals surface area contributed by atoms with Crippen LogP contribution < -0.4 is 0 Å². The first-order valence-corrected chi connectivity index (χ1v) is 59.4. The lowest BCUT2D eigenvalue weighted by Gasteiger charge is -2.52. The Balaban J connectivity index is 0.000000202. The molecular formula is C116H225FN20O8S. The molecule has 1 aromatic rings. The Morgan fingerprint density at radius 3 is 1.10 bits per heavy atom. The second kappa shape index (κ2) is 54.4. The van der Waals surface area contributed by atoms with Crippen molar-refractivity contribution in [3.8, 4) is 0 Å². The van der Waals surface area contributed by atoms with E-state index in [4.69, 9.17) is 14.2 Å². The summed E-state index contributed by atoms with van der Waals surface area (Å²) in [6, 6.07) is 10.9. The first kappa shape index (κ1) is 128. The van der Waals surface area contributed by atoms with Crippen molar-refractivity contribution in [2.75, 3.05) is 302 Å². The van der Waals surface area contributed by atoms with E-state index < -0.39 is 15.5 Å². The average Bonchev–Trinajstić information content (AvgIpc) is 1.58. The maximum atomic E-state index is 14.0. The van der Waals surface area contributed by atoms with Crippen LogP contribution in [-0.4, -0.2) is 523 Å². The molecule has 16 rings (SSSR count). The summed E-state index contributed by atoms with van der Waals surface area (Å²) in [5.41, 5.74) is 1.29. The Hall–Kier alpha value is -3.61. The second-order valence-corrected chi connectivity index (χ2v) is 57.8. The molecular weight excluding hydrogens is 1850 g/mol. The number of methoxy groups -OCH3 is 1. The van der Waals surface area contributed by atoms with Crippen LogP contribution in [0.3, 0.4) is 0 Å². The molecule has 1 aliphatic carbocycles. The number of unbranched alkanes of at least 4 members (excludes halogenated alkanes) is 1. The van der Waals surface area contributed by atoms with Crippen LogP contribution >= 0.6 is 0 Å². The number of likely N-dealkylation sites (N-methyl/N-ethyl adjacent to an activating group) is 3. The maximum Gasteiger partial charge on any atom is 0.410 e. The highest BCUT2D eigenvalue weighted by Crippen LogP contribution is 2.40. The zero-order chi connectivity index (χ0) is 109. The van der Waals surface area contributed by atoms with Crippen molar-refractivity contribution in [2.24, 2.45) is 0 Å². The summed E-state index contributed by atoms with van der Waals surface area (Å²) >= 11 is 0. The Labute approximate surface area is 894 Å². The number of halogens is 1. The number of hydrogen-bond donors (Lipinski definition) is 0. The molecule has 146 heavy (non-hydrogen) atoms. The third-order valence-corrected chi connectivity index (χ3v) is 35.9. The number of sulfone groups is 1. The maximum absolute atomic E-state index is 14.0. The number of piperazine rings is 8. The quantitative estimate of drug-likeness (QED) is 0.172. The van der Waals surface area contributed by atoms with Gasteiger partial charge in [0.05, 0.1) is 30.3 Å². The minimum absolute atomic E-state index is 0.0485. The largest absolute Gasteiger partial charge is 0.441 e. The van der Waals surface area contributed by atoms with E-state index in [0.717, 1.165) is 149 Å². The highest BCUT2D eigenvalue weighted by atomic mass is 32.2. The van der Waals surface area contributed by atoms with Crippen molar-refractivity contribution in [1.29, 1.82) is 0 Å². The molecule has 14 saturated heterocycles. The zero-order valence-electron chi connectivity index (χ0n) is 101. The number of carbonyl (C=O) groups excluding carboxylic acids is 3. The van der Waals surface area contributed by atoms with Crippen LogP contribution in [0.4, 0.5) is 14.0 Å². The van der Waals surface area contributed by atoms with Gasteiger partial charge in [0.2, 0.25) is 5.91 Å². The van der Waals surface area contributed by atoms with Crippen molar-refractivity contribution < 1.29 is 41.4 Å². The van der Waals surface area contributed by atoms with Gasteiger partial charge in [-0.1, -0.05) is 51.3 Å². The first-order chi connectivity index (χ1) is 67.5. The number of rotatable bonds is 14. The van der Waals surface area contributed by atoms with Gasteiger partial charge in [-0.3, -0.25) is 73.4 Å². The number of benzene rings is 1.